The molecule has 0 saturated carbocycles. The molecule has 3 heterocycles. The lowest BCUT2D eigenvalue weighted by atomic mass is 9.66. The number of aryl methyl sites for hydroxylation is 1. The molecule has 3 aliphatic rings. The first-order chi connectivity index (χ1) is 11.6. The number of likely N-dealkylation sites (tertiary alicyclic amines) is 1. The highest BCUT2D eigenvalue weighted by atomic mass is 16.5. The third-order valence-electron chi connectivity index (χ3n) is 5.86. The van der Waals surface area contributed by atoms with E-state index < -0.39 is 17.4 Å². The van der Waals surface area contributed by atoms with E-state index in [0.29, 0.717) is 0 Å². The summed E-state index contributed by atoms with van der Waals surface area (Å²) in [5.41, 5.74) is 3.28. The first-order valence-electron chi connectivity index (χ1n) is 8.22. The molecule has 2 bridgehead atoms. The number of carbonyl (C=O) groups is 2. The van der Waals surface area contributed by atoms with Crippen LogP contribution in [0, 0.1) is 18.8 Å². The molecular formula is C20H17NO3. The van der Waals surface area contributed by atoms with E-state index in [4.69, 9.17) is 4.74 Å². The standard InChI is InChI=1S/C20H17NO3/c1-11-7-3-5-9-13(11)20-14-10-6-4-8-12(14)17(24-20)15-16(20)19(23)21(2)18(15)22/h3-10,15-17H,1-2H3/t15-,16-,17-,20+/m1/s1. The molecule has 0 spiro atoms. The summed E-state index contributed by atoms with van der Waals surface area (Å²) in [7, 11) is 1.58. The minimum atomic E-state index is -0.852. The quantitative estimate of drug-likeness (QED) is 0.759. The summed E-state index contributed by atoms with van der Waals surface area (Å²) >= 11 is 0. The minimum absolute atomic E-state index is 0.125. The molecule has 4 heteroatoms. The van der Waals surface area contributed by atoms with Gasteiger partial charge in [0.25, 0.3) is 0 Å². The average molecular weight is 319 g/mol. The van der Waals surface area contributed by atoms with Gasteiger partial charge < -0.3 is 4.74 Å². The van der Waals surface area contributed by atoms with Crippen molar-refractivity contribution in [1.29, 1.82) is 0 Å². The van der Waals surface area contributed by atoms with Gasteiger partial charge in [0.2, 0.25) is 11.8 Å². The number of ether oxygens (including phenoxy) is 1. The number of imide groups is 1. The zero-order chi connectivity index (χ0) is 16.6. The van der Waals surface area contributed by atoms with Gasteiger partial charge in [0, 0.05) is 7.05 Å². The van der Waals surface area contributed by atoms with E-state index in [1.54, 1.807) is 7.05 Å². The van der Waals surface area contributed by atoms with Crippen molar-refractivity contribution >= 4 is 11.8 Å². The van der Waals surface area contributed by atoms with Crippen LogP contribution in [0.1, 0.15) is 28.4 Å². The topological polar surface area (TPSA) is 46.6 Å². The second kappa shape index (κ2) is 4.33. The molecular weight excluding hydrogens is 302 g/mol. The Morgan fingerprint density at radius 2 is 1.62 bits per heavy atom. The van der Waals surface area contributed by atoms with Gasteiger partial charge in [-0.2, -0.15) is 0 Å². The molecule has 2 aromatic rings. The molecule has 0 aliphatic carbocycles. The number of hydrogen-bond acceptors (Lipinski definition) is 3. The highest BCUT2D eigenvalue weighted by Crippen LogP contribution is 2.66. The number of amides is 2. The normalized spacial score (nSPS) is 33.1. The third kappa shape index (κ3) is 1.35. The second-order valence-electron chi connectivity index (χ2n) is 6.92. The molecule has 0 unspecified atom stereocenters. The second-order valence-corrected chi connectivity index (χ2v) is 6.92. The predicted molar refractivity (Wildman–Crippen MR) is 87.0 cm³/mol. The zero-order valence-corrected chi connectivity index (χ0v) is 13.5. The van der Waals surface area contributed by atoms with Crippen molar-refractivity contribution in [2.75, 3.05) is 7.05 Å². The maximum absolute atomic E-state index is 12.9. The van der Waals surface area contributed by atoms with Gasteiger partial charge in [0.15, 0.2) is 0 Å². The number of hydrogen-bond donors (Lipinski definition) is 0. The number of carbonyl (C=O) groups excluding carboxylic acids is 2. The van der Waals surface area contributed by atoms with Crippen LogP contribution in [0.15, 0.2) is 48.5 Å². The summed E-state index contributed by atoms with van der Waals surface area (Å²) in [6, 6.07) is 16.0. The number of rotatable bonds is 1. The fourth-order valence-corrected chi connectivity index (χ4v) is 4.85. The van der Waals surface area contributed by atoms with Crippen LogP contribution < -0.4 is 0 Å². The fourth-order valence-electron chi connectivity index (χ4n) is 4.85. The van der Waals surface area contributed by atoms with Gasteiger partial charge in [-0.1, -0.05) is 48.5 Å². The molecule has 2 fully saturated rings. The summed E-state index contributed by atoms with van der Waals surface area (Å²) in [5, 5.41) is 0. The summed E-state index contributed by atoms with van der Waals surface area (Å²) in [6.45, 7) is 2.03. The Hall–Kier alpha value is -2.46. The van der Waals surface area contributed by atoms with Crippen LogP contribution in [0.5, 0.6) is 0 Å². The molecule has 24 heavy (non-hydrogen) atoms. The highest BCUT2D eigenvalue weighted by Gasteiger charge is 2.71. The first-order valence-corrected chi connectivity index (χ1v) is 8.22. The summed E-state index contributed by atoms with van der Waals surface area (Å²) in [6.07, 6.45) is -0.341. The molecule has 0 N–H and O–H groups in total. The van der Waals surface area contributed by atoms with Gasteiger partial charge in [-0.05, 0) is 29.2 Å². The Morgan fingerprint density at radius 3 is 2.38 bits per heavy atom. The zero-order valence-electron chi connectivity index (χ0n) is 13.5. The Balaban J connectivity index is 1.85. The molecule has 0 aromatic heterocycles. The maximum Gasteiger partial charge on any atom is 0.236 e. The van der Waals surface area contributed by atoms with Gasteiger partial charge in [0.1, 0.15) is 5.60 Å². The van der Waals surface area contributed by atoms with Crippen LogP contribution >= 0.6 is 0 Å². The number of nitrogens with zero attached hydrogens (tertiary/aromatic N) is 1. The van der Waals surface area contributed by atoms with Crippen molar-refractivity contribution in [3.8, 4) is 0 Å². The summed E-state index contributed by atoms with van der Waals surface area (Å²) in [4.78, 5) is 26.9. The molecule has 4 atom stereocenters. The molecule has 2 aromatic carbocycles. The lowest BCUT2D eigenvalue weighted by Crippen LogP contribution is -2.40. The maximum atomic E-state index is 12.9. The average Bonchev–Trinajstić information content (AvgIpc) is 3.19. The summed E-state index contributed by atoms with van der Waals surface area (Å²) in [5.74, 6) is -1.15. The van der Waals surface area contributed by atoms with Gasteiger partial charge >= 0.3 is 0 Å². The van der Waals surface area contributed by atoms with Gasteiger partial charge in [-0.25, -0.2) is 0 Å². The van der Waals surface area contributed by atoms with Crippen LogP contribution in [-0.2, 0) is 19.9 Å². The van der Waals surface area contributed by atoms with Crippen molar-refractivity contribution in [2.24, 2.45) is 11.8 Å². The fraction of sp³-hybridized carbons (Fsp3) is 0.300. The van der Waals surface area contributed by atoms with E-state index >= 15 is 0 Å². The van der Waals surface area contributed by atoms with Crippen molar-refractivity contribution in [1.82, 2.24) is 4.90 Å². The Bertz CT molecular complexity index is 905. The molecule has 120 valence electrons. The van der Waals surface area contributed by atoms with E-state index in [1.165, 1.54) is 4.90 Å². The van der Waals surface area contributed by atoms with E-state index in [-0.39, 0.29) is 17.9 Å². The van der Waals surface area contributed by atoms with Crippen molar-refractivity contribution in [3.63, 3.8) is 0 Å². The van der Waals surface area contributed by atoms with Crippen LogP contribution in [0.2, 0.25) is 0 Å². The van der Waals surface area contributed by atoms with Gasteiger partial charge in [0.05, 0.1) is 17.9 Å². The number of fused-ring (bicyclic) bond motifs is 8. The lowest BCUT2D eigenvalue weighted by Gasteiger charge is -2.34. The summed E-state index contributed by atoms with van der Waals surface area (Å²) < 4.78 is 6.49. The van der Waals surface area contributed by atoms with Crippen LogP contribution in [-0.4, -0.2) is 23.8 Å². The molecule has 3 aliphatic heterocycles. The first kappa shape index (κ1) is 13.9. The minimum Gasteiger partial charge on any atom is -0.356 e. The van der Waals surface area contributed by atoms with E-state index in [2.05, 4.69) is 0 Å². The van der Waals surface area contributed by atoms with E-state index in [1.807, 2.05) is 55.5 Å². The van der Waals surface area contributed by atoms with Gasteiger partial charge in [-0.15, -0.1) is 0 Å². The molecule has 2 saturated heterocycles. The molecule has 4 nitrogen and oxygen atoms in total. The van der Waals surface area contributed by atoms with Crippen molar-refractivity contribution < 1.29 is 14.3 Å². The largest absolute Gasteiger partial charge is 0.356 e. The lowest BCUT2D eigenvalue weighted by molar-refractivity contribution is -0.143. The van der Waals surface area contributed by atoms with Crippen molar-refractivity contribution in [3.05, 3.63) is 70.8 Å². The molecule has 2 amide bonds. The smallest absolute Gasteiger partial charge is 0.236 e. The molecule has 5 rings (SSSR count). The van der Waals surface area contributed by atoms with Crippen LogP contribution in [0.4, 0.5) is 0 Å². The Kier molecular flexibility index (Phi) is 2.52. The van der Waals surface area contributed by atoms with Gasteiger partial charge in [-0.3, -0.25) is 14.5 Å². The van der Waals surface area contributed by atoms with Crippen molar-refractivity contribution in [2.45, 2.75) is 18.6 Å². The van der Waals surface area contributed by atoms with E-state index in [0.717, 1.165) is 22.3 Å². The predicted octanol–water partition coefficient (Wildman–Crippen LogP) is 2.55. The Morgan fingerprint density at radius 1 is 0.958 bits per heavy atom. The van der Waals surface area contributed by atoms with Crippen LogP contribution in [0.3, 0.4) is 0 Å². The monoisotopic (exact) mass is 319 g/mol. The van der Waals surface area contributed by atoms with E-state index in [9.17, 15) is 9.59 Å². The SMILES string of the molecule is Cc1ccccc1[C@]12O[C@H](c3ccccc31)[C@@H]1C(=O)N(C)C(=O)[C@@H]12. The molecule has 0 radical (unpaired) electrons. The highest BCUT2D eigenvalue weighted by molar-refractivity contribution is 6.07. The van der Waals surface area contributed by atoms with Crippen LogP contribution in [0.25, 0.3) is 0 Å². The third-order valence-corrected chi connectivity index (χ3v) is 5.86. The number of benzene rings is 2. The Labute approximate surface area is 140 Å².